The van der Waals surface area contributed by atoms with Crippen molar-refractivity contribution >= 4 is 23.9 Å². The standard InChI is InChI=1S/C20H24N4O7/c1-30-18(27)7-8-24(11-17(25)26)19(28)16(9-15-10-21-13-22-15)23-20(29)31-12-14-5-3-2-4-6-14/h2-6,10,13,16H,7-9,11-12H2,1H3,(H,21,22)(H,23,29)(H,25,26). The smallest absolute Gasteiger partial charge is 0.408 e. The number of benzene rings is 1. The van der Waals surface area contributed by atoms with Crippen LogP contribution in [0.5, 0.6) is 0 Å². The van der Waals surface area contributed by atoms with E-state index in [1.807, 2.05) is 6.07 Å². The number of aliphatic carboxylic acids is 1. The van der Waals surface area contributed by atoms with Gasteiger partial charge in [0.25, 0.3) is 0 Å². The molecule has 0 bridgehead atoms. The largest absolute Gasteiger partial charge is 0.480 e. The Balaban J connectivity index is 2.09. The third kappa shape index (κ3) is 8.17. The van der Waals surface area contributed by atoms with Gasteiger partial charge in [0, 0.05) is 19.2 Å². The van der Waals surface area contributed by atoms with E-state index < -0.39 is 36.5 Å². The summed E-state index contributed by atoms with van der Waals surface area (Å²) >= 11 is 0. The third-order valence-electron chi connectivity index (χ3n) is 4.22. The molecule has 3 N–H and O–H groups in total. The number of aromatic nitrogens is 2. The number of methoxy groups -OCH3 is 1. The molecule has 1 aromatic carbocycles. The van der Waals surface area contributed by atoms with Crippen molar-refractivity contribution < 1.29 is 33.8 Å². The Morgan fingerprint density at radius 2 is 1.97 bits per heavy atom. The van der Waals surface area contributed by atoms with Crippen LogP contribution in [0.15, 0.2) is 42.9 Å². The molecule has 11 heteroatoms. The lowest BCUT2D eigenvalue weighted by Crippen LogP contribution is -2.51. The number of hydrogen-bond acceptors (Lipinski definition) is 7. The van der Waals surface area contributed by atoms with E-state index in [9.17, 15) is 19.2 Å². The molecule has 0 aliphatic rings. The van der Waals surface area contributed by atoms with Crippen LogP contribution < -0.4 is 5.32 Å². The maximum absolute atomic E-state index is 13.0. The first-order chi connectivity index (χ1) is 14.9. The lowest BCUT2D eigenvalue weighted by molar-refractivity contribution is -0.147. The van der Waals surface area contributed by atoms with Gasteiger partial charge in [0.2, 0.25) is 5.91 Å². The third-order valence-corrected chi connectivity index (χ3v) is 4.22. The highest BCUT2D eigenvalue weighted by atomic mass is 16.5. The molecule has 0 fully saturated rings. The average molecular weight is 432 g/mol. The van der Waals surface area contributed by atoms with Crippen LogP contribution in [-0.2, 0) is 36.9 Å². The molecule has 2 rings (SSSR count). The van der Waals surface area contributed by atoms with Crippen molar-refractivity contribution in [2.75, 3.05) is 20.2 Å². The van der Waals surface area contributed by atoms with Gasteiger partial charge in [0.1, 0.15) is 19.2 Å². The van der Waals surface area contributed by atoms with E-state index in [0.717, 1.165) is 10.5 Å². The van der Waals surface area contributed by atoms with Crippen LogP contribution in [0.25, 0.3) is 0 Å². The number of nitrogens with one attached hydrogen (secondary N) is 2. The molecule has 0 radical (unpaired) electrons. The van der Waals surface area contributed by atoms with Crippen molar-refractivity contribution in [2.45, 2.75) is 25.5 Å². The number of rotatable bonds is 11. The minimum absolute atomic E-state index is 0.00281. The summed E-state index contributed by atoms with van der Waals surface area (Å²) in [7, 11) is 1.19. The minimum atomic E-state index is -1.26. The Kier molecular flexibility index (Phi) is 9.02. The number of ether oxygens (including phenoxy) is 2. The van der Waals surface area contributed by atoms with E-state index in [1.165, 1.54) is 13.4 Å². The second-order valence-corrected chi connectivity index (χ2v) is 6.50. The van der Waals surface area contributed by atoms with Crippen LogP contribution in [0, 0.1) is 0 Å². The summed E-state index contributed by atoms with van der Waals surface area (Å²) in [6.07, 6.45) is 1.92. The zero-order valence-electron chi connectivity index (χ0n) is 16.9. The molecule has 2 amide bonds. The van der Waals surface area contributed by atoms with Gasteiger partial charge in [-0.15, -0.1) is 0 Å². The van der Waals surface area contributed by atoms with Gasteiger partial charge in [-0.05, 0) is 5.56 Å². The first kappa shape index (κ1) is 23.4. The summed E-state index contributed by atoms with van der Waals surface area (Å²) in [5.74, 6) is -2.54. The second kappa shape index (κ2) is 12.0. The fourth-order valence-corrected chi connectivity index (χ4v) is 2.70. The molecule has 166 valence electrons. The molecule has 1 unspecified atom stereocenters. The molecule has 1 aromatic heterocycles. The van der Waals surface area contributed by atoms with Crippen molar-refractivity contribution in [3.63, 3.8) is 0 Å². The van der Waals surface area contributed by atoms with Gasteiger partial charge in [0.15, 0.2) is 0 Å². The summed E-state index contributed by atoms with van der Waals surface area (Å²) < 4.78 is 9.71. The Morgan fingerprint density at radius 3 is 2.58 bits per heavy atom. The monoisotopic (exact) mass is 432 g/mol. The number of nitrogens with zero attached hydrogens (tertiary/aromatic N) is 2. The number of aromatic amines is 1. The first-order valence-electron chi connectivity index (χ1n) is 9.41. The molecule has 1 atom stereocenters. The molecular formula is C20H24N4O7. The highest BCUT2D eigenvalue weighted by Gasteiger charge is 2.29. The van der Waals surface area contributed by atoms with E-state index in [-0.39, 0.29) is 26.0 Å². The van der Waals surface area contributed by atoms with E-state index in [1.54, 1.807) is 30.5 Å². The molecule has 0 saturated heterocycles. The highest BCUT2D eigenvalue weighted by molar-refractivity contribution is 5.88. The number of esters is 1. The van der Waals surface area contributed by atoms with Crippen molar-refractivity contribution in [1.29, 1.82) is 0 Å². The van der Waals surface area contributed by atoms with Crippen LogP contribution in [-0.4, -0.2) is 70.2 Å². The van der Waals surface area contributed by atoms with Crippen molar-refractivity contribution in [1.82, 2.24) is 20.2 Å². The number of alkyl carbamates (subject to hydrolysis) is 1. The lowest BCUT2D eigenvalue weighted by atomic mass is 10.1. The SMILES string of the molecule is COC(=O)CCN(CC(=O)O)C(=O)C(Cc1c[nH]cn1)NC(=O)OCc1ccccc1. The van der Waals surface area contributed by atoms with E-state index in [4.69, 9.17) is 9.84 Å². The summed E-state index contributed by atoms with van der Waals surface area (Å²) in [5.41, 5.74) is 1.24. The van der Waals surface area contributed by atoms with Gasteiger partial charge in [0.05, 0.1) is 25.6 Å². The normalized spacial score (nSPS) is 11.3. The predicted octanol–water partition coefficient (Wildman–Crippen LogP) is 0.724. The Morgan fingerprint density at radius 1 is 1.23 bits per heavy atom. The highest BCUT2D eigenvalue weighted by Crippen LogP contribution is 2.07. The summed E-state index contributed by atoms with van der Waals surface area (Å²) in [6, 6.07) is 7.83. The van der Waals surface area contributed by atoms with Crippen LogP contribution in [0.4, 0.5) is 4.79 Å². The zero-order valence-corrected chi connectivity index (χ0v) is 16.9. The molecule has 0 aliphatic heterocycles. The van der Waals surface area contributed by atoms with Gasteiger partial charge in [-0.1, -0.05) is 30.3 Å². The maximum atomic E-state index is 13.0. The number of carbonyl (C=O) groups excluding carboxylic acids is 3. The number of imidazole rings is 1. The number of H-pyrrole nitrogens is 1. The predicted molar refractivity (Wildman–Crippen MR) is 107 cm³/mol. The molecular weight excluding hydrogens is 408 g/mol. The molecule has 0 spiro atoms. The Labute approximate surface area is 178 Å². The van der Waals surface area contributed by atoms with Gasteiger partial charge in [-0.2, -0.15) is 0 Å². The van der Waals surface area contributed by atoms with Crippen LogP contribution >= 0.6 is 0 Å². The molecule has 31 heavy (non-hydrogen) atoms. The molecule has 0 aliphatic carbocycles. The lowest BCUT2D eigenvalue weighted by Gasteiger charge is -2.26. The Bertz CT molecular complexity index is 871. The van der Waals surface area contributed by atoms with Gasteiger partial charge in [-0.25, -0.2) is 9.78 Å². The second-order valence-electron chi connectivity index (χ2n) is 6.50. The fourth-order valence-electron chi connectivity index (χ4n) is 2.70. The number of carboxylic acid groups (broad SMARTS) is 1. The summed E-state index contributed by atoms with van der Waals surface area (Å²) in [5, 5.41) is 11.6. The van der Waals surface area contributed by atoms with Gasteiger partial charge < -0.3 is 29.8 Å². The number of carboxylic acids is 1. The van der Waals surface area contributed by atoms with Crippen molar-refractivity contribution in [3.05, 3.63) is 54.1 Å². The van der Waals surface area contributed by atoms with E-state index in [0.29, 0.717) is 5.69 Å². The number of carbonyl (C=O) groups is 4. The summed E-state index contributed by atoms with van der Waals surface area (Å²) in [6.45, 7) is -0.833. The molecule has 2 aromatic rings. The fraction of sp³-hybridized carbons (Fsp3) is 0.350. The topological polar surface area (TPSA) is 151 Å². The number of hydrogen-bond donors (Lipinski definition) is 3. The maximum Gasteiger partial charge on any atom is 0.408 e. The summed E-state index contributed by atoms with van der Waals surface area (Å²) in [4.78, 5) is 55.7. The molecule has 0 saturated carbocycles. The Hall–Kier alpha value is -3.89. The zero-order chi connectivity index (χ0) is 22.6. The van der Waals surface area contributed by atoms with Crippen molar-refractivity contribution in [3.8, 4) is 0 Å². The quantitative estimate of drug-likeness (QED) is 0.440. The minimum Gasteiger partial charge on any atom is -0.480 e. The van der Waals surface area contributed by atoms with Gasteiger partial charge in [-0.3, -0.25) is 14.4 Å². The average Bonchev–Trinajstić information content (AvgIpc) is 3.27. The van der Waals surface area contributed by atoms with E-state index in [2.05, 4.69) is 20.0 Å². The van der Waals surface area contributed by atoms with Crippen molar-refractivity contribution in [2.24, 2.45) is 0 Å². The van der Waals surface area contributed by atoms with Gasteiger partial charge >= 0.3 is 18.0 Å². The first-order valence-corrected chi connectivity index (χ1v) is 9.41. The number of amides is 2. The van der Waals surface area contributed by atoms with Crippen LogP contribution in [0.1, 0.15) is 17.7 Å². The van der Waals surface area contributed by atoms with Crippen LogP contribution in [0.3, 0.4) is 0 Å². The molecule has 11 nitrogen and oxygen atoms in total. The molecule has 1 heterocycles. The van der Waals surface area contributed by atoms with Crippen LogP contribution in [0.2, 0.25) is 0 Å². The van der Waals surface area contributed by atoms with E-state index >= 15 is 0 Å².